The van der Waals surface area contributed by atoms with Crippen LogP contribution in [0.1, 0.15) is 24.8 Å². The summed E-state index contributed by atoms with van der Waals surface area (Å²) < 4.78 is 22.2. The van der Waals surface area contributed by atoms with E-state index in [1.165, 1.54) is 5.56 Å². The molecule has 1 saturated heterocycles. The Kier molecular flexibility index (Phi) is 7.28. The second kappa shape index (κ2) is 9.90. The number of carbonyl (C=O) groups is 2. The highest BCUT2D eigenvalue weighted by atomic mass is 32.2. The summed E-state index contributed by atoms with van der Waals surface area (Å²) in [4.78, 5) is 30.3. The fraction of sp³-hybridized carbons (Fsp3) is 0.429. The van der Waals surface area contributed by atoms with Crippen LogP contribution >= 0.6 is 0 Å². The van der Waals surface area contributed by atoms with Crippen LogP contribution in [0.2, 0.25) is 0 Å². The molecule has 2 amide bonds. The van der Waals surface area contributed by atoms with Gasteiger partial charge in [0.1, 0.15) is 6.54 Å². The van der Waals surface area contributed by atoms with Gasteiger partial charge < -0.3 is 9.80 Å². The first-order valence-electron chi connectivity index (χ1n) is 10.0. The Balaban J connectivity index is 1.47. The topological polar surface area (TPSA) is 98.8 Å². The van der Waals surface area contributed by atoms with Gasteiger partial charge in [0, 0.05) is 31.1 Å². The predicted molar refractivity (Wildman–Crippen MR) is 114 cm³/mol. The van der Waals surface area contributed by atoms with Crippen LogP contribution in [0.25, 0.3) is 0 Å². The highest BCUT2D eigenvalue weighted by Gasteiger charge is 2.24. The molecule has 1 aromatic rings. The summed E-state index contributed by atoms with van der Waals surface area (Å²) in [5.74, 6) is 0.0674. The molecule has 0 radical (unpaired) electrons. The Morgan fingerprint density at radius 2 is 1.83 bits per heavy atom. The smallest absolute Gasteiger partial charge is 0.263 e. The molecule has 3 rings (SSSR count). The highest BCUT2D eigenvalue weighted by Crippen LogP contribution is 2.22. The quantitative estimate of drug-likeness (QED) is 0.630. The second-order valence-corrected chi connectivity index (χ2v) is 9.51. The number of sulfonamides is 1. The van der Waals surface area contributed by atoms with Gasteiger partial charge in [-0.3, -0.25) is 15.0 Å². The number of benzene rings is 1. The minimum Gasteiger partial charge on any atom is -0.345 e. The third kappa shape index (κ3) is 6.70. The molecule has 0 aromatic heterocycles. The lowest BCUT2D eigenvalue weighted by molar-refractivity contribution is -0.132. The third-order valence-corrected chi connectivity index (χ3v) is 5.72. The number of likely N-dealkylation sites (tertiary alicyclic amines) is 1. The van der Waals surface area contributed by atoms with Crippen molar-refractivity contribution in [1.82, 2.24) is 20.1 Å². The number of nitrogens with one attached hydrogen (secondary N) is 2. The number of carbonyl (C=O) groups excluding carboxylic acids is 2. The summed E-state index contributed by atoms with van der Waals surface area (Å²) in [5, 5.41) is 0. The van der Waals surface area contributed by atoms with Crippen LogP contribution in [-0.2, 0) is 26.0 Å². The van der Waals surface area contributed by atoms with Crippen LogP contribution in [0, 0.1) is 5.92 Å². The standard InChI is InChI=1S/C21H28N4O4S/c1-30(28,29)23-22-21(27)19-8-5-11-24(15-19)16-20(26)25-12-9-18(10-13-25)14-17-6-3-2-4-7-17/h2-7,11,15,18,23H,8-10,12-14,16H2,1H3,(H,22,27). The molecule has 1 aromatic carbocycles. The monoisotopic (exact) mass is 432 g/mol. The molecule has 2 heterocycles. The van der Waals surface area contributed by atoms with E-state index in [2.05, 4.69) is 29.7 Å². The van der Waals surface area contributed by atoms with Crippen molar-refractivity contribution in [3.63, 3.8) is 0 Å². The molecule has 0 aliphatic carbocycles. The maximum atomic E-state index is 12.7. The number of hydrogen-bond donors (Lipinski definition) is 2. The molecule has 2 aliphatic heterocycles. The lowest BCUT2D eigenvalue weighted by Crippen LogP contribution is -2.44. The maximum Gasteiger partial charge on any atom is 0.263 e. The van der Waals surface area contributed by atoms with E-state index in [-0.39, 0.29) is 12.5 Å². The fourth-order valence-electron chi connectivity index (χ4n) is 3.67. The molecule has 0 saturated carbocycles. The van der Waals surface area contributed by atoms with Gasteiger partial charge >= 0.3 is 0 Å². The van der Waals surface area contributed by atoms with Crippen LogP contribution in [0.15, 0.2) is 54.4 Å². The van der Waals surface area contributed by atoms with Gasteiger partial charge in [0.25, 0.3) is 5.91 Å². The lowest BCUT2D eigenvalue weighted by atomic mass is 9.90. The molecule has 0 unspecified atom stereocenters. The number of nitrogens with zero attached hydrogens (tertiary/aromatic N) is 2. The van der Waals surface area contributed by atoms with E-state index in [0.717, 1.165) is 38.6 Å². The third-order valence-electron chi connectivity index (χ3n) is 5.25. The average Bonchev–Trinajstić information content (AvgIpc) is 2.73. The van der Waals surface area contributed by atoms with Crippen molar-refractivity contribution in [2.75, 3.05) is 25.9 Å². The maximum absolute atomic E-state index is 12.7. The van der Waals surface area contributed by atoms with E-state index >= 15 is 0 Å². The van der Waals surface area contributed by atoms with Crippen molar-refractivity contribution in [2.24, 2.45) is 5.92 Å². The summed E-state index contributed by atoms with van der Waals surface area (Å²) in [6.45, 7) is 1.63. The van der Waals surface area contributed by atoms with Gasteiger partial charge in [-0.2, -0.15) is 0 Å². The first-order chi connectivity index (χ1) is 14.3. The molecule has 1 fully saturated rings. The Morgan fingerprint density at radius 1 is 1.13 bits per heavy atom. The van der Waals surface area contributed by atoms with E-state index in [1.54, 1.807) is 23.4 Å². The minimum absolute atomic E-state index is 0.0185. The second-order valence-electron chi connectivity index (χ2n) is 7.76. The van der Waals surface area contributed by atoms with Gasteiger partial charge in [0.05, 0.1) is 6.26 Å². The number of piperidine rings is 1. The van der Waals surface area contributed by atoms with E-state index in [4.69, 9.17) is 0 Å². The number of allylic oxidation sites excluding steroid dienone is 1. The normalized spacial score (nSPS) is 17.6. The molecule has 30 heavy (non-hydrogen) atoms. The van der Waals surface area contributed by atoms with Crippen molar-refractivity contribution < 1.29 is 18.0 Å². The van der Waals surface area contributed by atoms with Gasteiger partial charge in [-0.05, 0) is 37.2 Å². The van der Waals surface area contributed by atoms with Crippen molar-refractivity contribution >= 4 is 21.8 Å². The van der Waals surface area contributed by atoms with Gasteiger partial charge in [-0.25, -0.2) is 8.42 Å². The van der Waals surface area contributed by atoms with Gasteiger partial charge in [0.2, 0.25) is 15.9 Å². The van der Waals surface area contributed by atoms with Crippen LogP contribution in [0.5, 0.6) is 0 Å². The predicted octanol–water partition coefficient (Wildman–Crippen LogP) is 1.15. The van der Waals surface area contributed by atoms with Gasteiger partial charge in [0.15, 0.2) is 0 Å². The van der Waals surface area contributed by atoms with Crippen LogP contribution in [0.3, 0.4) is 0 Å². The molecule has 162 valence electrons. The molecule has 2 aliphatic rings. The molecule has 9 heteroatoms. The Labute approximate surface area is 177 Å². The zero-order chi connectivity index (χ0) is 21.6. The van der Waals surface area contributed by atoms with Crippen molar-refractivity contribution in [1.29, 1.82) is 0 Å². The van der Waals surface area contributed by atoms with Crippen molar-refractivity contribution in [3.05, 3.63) is 59.9 Å². The number of hydrogen-bond acceptors (Lipinski definition) is 5. The van der Waals surface area contributed by atoms with Crippen molar-refractivity contribution in [3.8, 4) is 0 Å². The SMILES string of the molecule is CS(=O)(=O)NNC(=O)C1=CN(CC(=O)N2CCC(Cc3ccccc3)CC2)C=CC1. The number of rotatable bonds is 7. The summed E-state index contributed by atoms with van der Waals surface area (Å²) in [7, 11) is -3.53. The highest BCUT2D eigenvalue weighted by molar-refractivity contribution is 7.88. The van der Waals surface area contributed by atoms with E-state index in [9.17, 15) is 18.0 Å². The van der Waals surface area contributed by atoms with E-state index in [1.807, 2.05) is 15.8 Å². The van der Waals surface area contributed by atoms with Crippen LogP contribution in [0.4, 0.5) is 0 Å². The largest absolute Gasteiger partial charge is 0.345 e. The number of hydrazine groups is 1. The Hall–Kier alpha value is -2.65. The first-order valence-corrected chi connectivity index (χ1v) is 11.9. The summed E-state index contributed by atoms with van der Waals surface area (Å²) in [6, 6.07) is 10.4. The lowest BCUT2D eigenvalue weighted by Gasteiger charge is -2.33. The molecule has 0 bridgehead atoms. The molecule has 0 atom stereocenters. The minimum atomic E-state index is -3.53. The zero-order valence-electron chi connectivity index (χ0n) is 17.1. The fourth-order valence-corrected chi connectivity index (χ4v) is 3.95. The molecular formula is C21H28N4O4S. The van der Waals surface area contributed by atoms with E-state index < -0.39 is 15.9 Å². The summed E-state index contributed by atoms with van der Waals surface area (Å²) in [5.41, 5.74) is 3.87. The van der Waals surface area contributed by atoms with Gasteiger partial charge in [-0.1, -0.05) is 36.4 Å². The molecule has 8 nitrogen and oxygen atoms in total. The average molecular weight is 433 g/mol. The summed E-state index contributed by atoms with van der Waals surface area (Å²) in [6.07, 6.45) is 9.45. The van der Waals surface area contributed by atoms with Gasteiger partial charge in [-0.15, -0.1) is 4.83 Å². The zero-order valence-corrected chi connectivity index (χ0v) is 17.9. The summed E-state index contributed by atoms with van der Waals surface area (Å²) >= 11 is 0. The Morgan fingerprint density at radius 3 is 2.50 bits per heavy atom. The number of amides is 2. The Bertz CT molecular complexity index is 920. The first kappa shape index (κ1) is 22.0. The van der Waals surface area contributed by atoms with E-state index in [0.29, 0.717) is 17.9 Å². The van der Waals surface area contributed by atoms with Crippen LogP contribution < -0.4 is 10.3 Å². The van der Waals surface area contributed by atoms with Crippen LogP contribution in [-0.4, -0.2) is 55.9 Å². The molecule has 2 N–H and O–H groups in total. The molecule has 0 spiro atoms. The molecular weight excluding hydrogens is 404 g/mol. The van der Waals surface area contributed by atoms with Crippen molar-refractivity contribution in [2.45, 2.75) is 25.7 Å².